The molecule has 0 aromatic heterocycles. The SMILES string of the molecule is COC(=O)[C@@H]1CCC[C@@H]2SCC[C@H](CC(=O)[C@H](CC[C@H](Cc3ccccc3)C(=O)N[C@H]3CCCCN(Cc4ccccc4Cl)C3=O)Cc3ccccc3)C(=O)N21. The summed E-state index contributed by atoms with van der Waals surface area (Å²) in [6.07, 6.45) is 6.91. The molecule has 11 heteroatoms. The fourth-order valence-corrected chi connectivity index (χ4v) is 10.1. The largest absolute Gasteiger partial charge is 0.467 e. The molecule has 9 nitrogen and oxygen atoms in total. The van der Waals surface area contributed by atoms with Crippen LogP contribution < -0.4 is 5.32 Å². The molecular weight excluding hydrogens is 746 g/mol. The van der Waals surface area contributed by atoms with Crippen molar-refractivity contribution in [3.63, 3.8) is 0 Å². The van der Waals surface area contributed by atoms with Crippen LogP contribution in [0.25, 0.3) is 0 Å². The van der Waals surface area contributed by atoms with Crippen molar-refractivity contribution < 1.29 is 28.7 Å². The van der Waals surface area contributed by atoms with Crippen molar-refractivity contribution in [3.05, 3.63) is 107 Å². The van der Waals surface area contributed by atoms with Crippen LogP contribution in [0, 0.1) is 17.8 Å². The van der Waals surface area contributed by atoms with Crippen LogP contribution in [-0.2, 0) is 48.1 Å². The van der Waals surface area contributed by atoms with Gasteiger partial charge in [-0.15, -0.1) is 11.8 Å². The molecule has 6 atom stereocenters. The van der Waals surface area contributed by atoms with Gasteiger partial charge in [0.25, 0.3) is 0 Å². The number of methoxy groups -OCH3 is 1. The van der Waals surface area contributed by atoms with E-state index in [1.807, 2.05) is 84.9 Å². The summed E-state index contributed by atoms with van der Waals surface area (Å²) in [6, 6.07) is 25.9. The topological polar surface area (TPSA) is 113 Å². The van der Waals surface area contributed by atoms with Crippen LogP contribution in [0.15, 0.2) is 84.9 Å². The number of likely N-dealkylation sites (tertiary alicyclic amines) is 1. The fraction of sp³-hybridized carbons (Fsp3) is 0.489. The summed E-state index contributed by atoms with van der Waals surface area (Å²) >= 11 is 8.14. The number of hydrogen-bond acceptors (Lipinski definition) is 7. The zero-order chi connectivity index (χ0) is 39.4. The number of esters is 1. The van der Waals surface area contributed by atoms with Gasteiger partial charge in [0.05, 0.1) is 12.5 Å². The van der Waals surface area contributed by atoms with Gasteiger partial charge in [-0.25, -0.2) is 4.79 Å². The third kappa shape index (κ3) is 10.8. The Balaban J connectivity index is 1.19. The first-order valence-corrected chi connectivity index (χ1v) is 21.6. The van der Waals surface area contributed by atoms with Crippen molar-refractivity contribution in [2.45, 2.75) is 101 Å². The highest BCUT2D eigenvalue weighted by atomic mass is 35.5. The van der Waals surface area contributed by atoms with E-state index >= 15 is 0 Å². The van der Waals surface area contributed by atoms with E-state index in [0.29, 0.717) is 63.1 Å². The number of piperidine rings is 1. The van der Waals surface area contributed by atoms with Crippen LogP contribution in [0.2, 0.25) is 5.02 Å². The molecule has 0 unspecified atom stereocenters. The Morgan fingerprint density at radius 3 is 2.16 bits per heavy atom. The number of benzene rings is 3. The summed E-state index contributed by atoms with van der Waals surface area (Å²) in [5, 5.41) is 3.66. The Morgan fingerprint density at radius 2 is 1.46 bits per heavy atom. The number of thioether (sulfide) groups is 1. The van der Waals surface area contributed by atoms with Crippen LogP contribution in [0.1, 0.15) is 80.9 Å². The third-order valence-electron chi connectivity index (χ3n) is 11.6. The molecule has 0 spiro atoms. The first-order valence-electron chi connectivity index (χ1n) is 20.2. The standard InChI is InChI=1S/C45H54ClN3O6S/c1-55-45(54)39-20-12-21-41-49(39)43(52)35(24-26-56-41)29-40(50)33(27-31-13-4-2-5-14-31)22-23-34(28-32-15-6-3-7-16-32)42(51)47-38-19-10-11-25-48(44(38)53)30-36-17-8-9-18-37(36)46/h2-9,13-18,33-35,38-39,41H,10-12,19-30H2,1H3,(H,47,51)/t33-,34-,35-,38+,39+,41+/m1/s1. The highest BCUT2D eigenvalue weighted by Gasteiger charge is 2.44. The molecule has 0 aliphatic carbocycles. The molecule has 0 radical (unpaired) electrons. The summed E-state index contributed by atoms with van der Waals surface area (Å²) in [4.78, 5) is 73.0. The van der Waals surface area contributed by atoms with E-state index in [1.54, 1.807) is 21.6 Å². The van der Waals surface area contributed by atoms with Crippen LogP contribution in [0.3, 0.4) is 0 Å². The summed E-state index contributed by atoms with van der Waals surface area (Å²) < 4.78 is 5.09. The van der Waals surface area contributed by atoms with E-state index < -0.39 is 35.8 Å². The molecule has 0 bridgehead atoms. The summed E-state index contributed by atoms with van der Waals surface area (Å²) in [7, 11) is 1.35. The van der Waals surface area contributed by atoms with Gasteiger partial charge in [-0.2, -0.15) is 0 Å². The first-order chi connectivity index (χ1) is 27.2. The summed E-state index contributed by atoms with van der Waals surface area (Å²) in [5.74, 6) is -1.55. The molecule has 3 amide bonds. The number of carbonyl (C=O) groups excluding carboxylic acids is 5. The molecule has 3 fully saturated rings. The number of amides is 3. The zero-order valence-corrected chi connectivity index (χ0v) is 33.9. The smallest absolute Gasteiger partial charge is 0.328 e. The average Bonchev–Trinajstić information content (AvgIpc) is 3.49. The van der Waals surface area contributed by atoms with Gasteiger partial charge in [0.2, 0.25) is 17.7 Å². The zero-order valence-electron chi connectivity index (χ0n) is 32.3. The normalized spacial score (nSPS) is 22.6. The van der Waals surface area contributed by atoms with Gasteiger partial charge in [0.1, 0.15) is 17.9 Å². The number of rotatable bonds is 15. The van der Waals surface area contributed by atoms with E-state index in [4.69, 9.17) is 16.3 Å². The molecule has 3 aliphatic heterocycles. The second-order valence-electron chi connectivity index (χ2n) is 15.5. The Morgan fingerprint density at radius 1 is 0.804 bits per heavy atom. The molecular formula is C45H54ClN3O6S. The third-order valence-corrected chi connectivity index (χ3v) is 13.3. The van der Waals surface area contributed by atoms with Gasteiger partial charge in [-0.05, 0) is 99.1 Å². The Bertz CT molecular complexity index is 1810. The quantitative estimate of drug-likeness (QED) is 0.159. The molecule has 3 heterocycles. The number of Topliss-reactive ketones (excluding diaryl/α,β-unsaturated/α-hetero) is 1. The minimum Gasteiger partial charge on any atom is -0.467 e. The molecule has 0 saturated carbocycles. The van der Waals surface area contributed by atoms with Gasteiger partial charge < -0.3 is 19.9 Å². The lowest BCUT2D eigenvalue weighted by molar-refractivity contribution is -0.157. The number of carbonyl (C=O) groups is 5. The first kappa shape index (κ1) is 41.5. The maximum Gasteiger partial charge on any atom is 0.328 e. The van der Waals surface area contributed by atoms with Gasteiger partial charge in [0.15, 0.2) is 0 Å². The highest BCUT2D eigenvalue weighted by Crippen LogP contribution is 2.38. The van der Waals surface area contributed by atoms with E-state index in [-0.39, 0.29) is 35.3 Å². The molecule has 56 heavy (non-hydrogen) atoms. The van der Waals surface area contributed by atoms with Gasteiger partial charge in [-0.1, -0.05) is 90.5 Å². The predicted octanol–water partition coefficient (Wildman–Crippen LogP) is 7.43. The molecule has 6 rings (SSSR count). The monoisotopic (exact) mass is 799 g/mol. The molecule has 3 aromatic carbocycles. The molecule has 3 aliphatic rings. The van der Waals surface area contributed by atoms with Crippen molar-refractivity contribution in [2.24, 2.45) is 17.8 Å². The van der Waals surface area contributed by atoms with Gasteiger partial charge in [0, 0.05) is 42.3 Å². The summed E-state index contributed by atoms with van der Waals surface area (Å²) in [6.45, 7) is 0.975. The van der Waals surface area contributed by atoms with Crippen molar-refractivity contribution in [2.75, 3.05) is 19.4 Å². The van der Waals surface area contributed by atoms with Gasteiger partial charge in [-0.3, -0.25) is 19.2 Å². The second kappa shape index (κ2) is 20.3. The lowest BCUT2D eigenvalue weighted by Gasteiger charge is -2.40. The average molecular weight is 800 g/mol. The number of fused-ring (bicyclic) bond motifs is 1. The maximum atomic E-state index is 14.4. The van der Waals surface area contributed by atoms with Crippen LogP contribution >= 0.6 is 23.4 Å². The predicted molar refractivity (Wildman–Crippen MR) is 220 cm³/mol. The Kier molecular flexibility index (Phi) is 15.1. The van der Waals surface area contributed by atoms with E-state index in [1.165, 1.54) is 7.11 Å². The Hall–Kier alpha value is -4.15. The molecule has 298 valence electrons. The van der Waals surface area contributed by atoms with Crippen LogP contribution in [-0.4, -0.2) is 76.1 Å². The van der Waals surface area contributed by atoms with Crippen molar-refractivity contribution in [3.8, 4) is 0 Å². The van der Waals surface area contributed by atoms with E-state index in [0.717, 1.165) is 48.1 Å². The number of halogens is 1. The minimum atomic E-state index is -0.654. The molecule has 3 aromatic rings. The van der Waals surface area contributed by atoms with E-state index in [2.05, 4.69) is 5.32 Å². The number of nitrogens with one attached hydrogen (secondary N) is 1. The minimum absolute atomic E-state index is 0.00434. The Labute approximate surface area is 340 Å². The number of ether oxygens (including phenoxy) is 1. The number of ketones is 1. The van der Waals surface area contributed by atoms with Crippen LogP contribution in [0.4, 0.5) is 0 Å². The highest BCUT2D eigenvalue weighted by molar-refractivity contribution is 7.99. The maximum absolute atomic E-state index is 14.4. The molecule has 1 N–H and O–H groups in total. The van der Waals surface area contributed by atoms with Crippen LogP contribution in [0.5, 0.6) is 0 Å². The lowest BCUT2D eigenvalue weighted by atomic mass is 9.82. The van der Waals surface area contributed by atoms with Crippen molar-refractivity contribution in [1.82, 2.24) is 15.1 Å². The van der Waals surface area contributed by atoms with Gasteiger partial charge >= 0.3 is 5.97 Å². The van der Waals surface area contributed by atoms with E-state index in [9.17, 15) is 24.0 Å². The molecule has 3 saturated heterocycles. The fourth-order valence-electron chi connectivity index (χ4n) is 8.49. The van der Waals surface area contributed by atoms with Crippen molar-refractivity contribution in [1.29, 1.82) is 0 Å². The lowest BCUT2D eigenvalue weighted by Crippen LogP contribution is -2.53. The summed E-state index contributed by atoms with van der Waals surface area (Å²) in [5.41, 5.74) is 2.89. The second-order valence-corrected chi connectivity index (χ2v) is 17.1. The number of nitrogens with zero attached hydrogens (tertiary/aromatic N) is 2. The number of hydrogen-bond donors (Lipinski definition) is 1. The van der Waals surface area contributed by atoms with Crippen molar-refractivity contribution >= 4 is 52.8 Å².